The Kier molecular flexibility index (Phi) is 7.57. The number of allylic oxidation sites excluding steroid dienone is 1. The summed E-state index contributed by atoms with van der Waals surface area (Å²) in [7, 11) is 0. The molecule has 0 nitrogen and oxygen atoms in total. The molecule has 0 aliphatic heterocycles. The molecule has 0 fully saturated rings. The van der Waals surface area contributed by atoms with Gasteiger partial charge in [-0.1, -0.05) is 0 Å². The molecule has 0 spiro atoms. The highest BCUT2D eigenvalue weighted by Crippen LogP contribution is 2.66. The highest BCUT2D eigenvalue weighted by molar-refractivity contribution is 5.23. The standard InChI is InChI=1S/C12H4F20/c13-2-1-3(14)6(18,19)10(25,26)9(23,24)5(17,4(15)16)8(21,22)7(20,11(27,28)29)12(30,31)32/h1-4H. The molecule has 0 radical (unpaired) electrons. The molecular formula is C12H4F20. The van der Waals surface area contributed by atoms with E-state index in [1.807, 2.05) is 0 Å². The molecule has 0 N–H and O–H groups in total. The minimum absolute atomic E-state index is 1.42. The zero-order valence-corrected chi connectivity index (χ0v) is 13.9. The lowest BCUT2D eigenvalue weighted by molar-refractivity contribution is -0.456. The van der Waals surface area contributed by atoms with Crippen molar-refractivity contribution in [3.05, 3.63) is 12.4 Å². The Labute approximate surface area is 161 Å². The fourth-order valence-corrected chi connectivity index (χ4v) is 2.03. The monoisotopic (exact) mass is 528 g/mol. The normalized spacial score (nSPS) is 18.9. The molecule has 2 unspecified atom stereocenters. The van der Waals surface area contributed by atoms with Gasteiger partial charge in [0.05, 0.1) is 6.33 Å². The second-order valence-corrected chi connectivity index (χ2v) is 5.73. The predicted octanol–water partition coefficient (Wildman–Crippen LogP) is 7.16. The fourth-order valence-electron chi connectivity index (χ4n) is 2.03. The van der Waals surface area contributed by atoms with Gasteiger partial charge >= 0.3 is 47.4 Å². The SMILES string of the molecule is FC=CC(F)C(F)(F)C(F)(F)C(F)(F)C(F)(C(F)F)C(F)(F)C(F)(C(F)(F)F)C(F)(F)F. The summed E-state index contributed by atoms with van der Waals surface area (Å²) in [6.45, 7) is 0. The van der Waals surface area contributed by atoms with Crippen LogP contribution in [0.25, 0.3) is 0 Å². The molecule has 0 aromatic rings. The van der Waals surface area contributed by atoms with E-state index in [0.29, 0.717) is 0 Å². The average molecular weight is 528 g/mol. The molecule has 0 amide bonds. The van der Waals surface area contributed by atoms with Crippen molar-refractivity contribution in [2.45, 2.75) is 60.0 Å². The fraction of sp³-hybridized carbons (Fsp3) is 0.833. The summed E-state index contributed by atoms with van der Waals surface area (Å²) in [4.78, 5) is 0. The zero-order chi connectivity index (χ0) is 26.6. The Morgan fingerprint density at radius 1 is 0.500 bits per heavy atom. The van der Waals surface area contributed by atoms with Crippen molar-refractivity contribution in [2.24, 2.45) is 0 Å². The van der Waals surface area contributed by atoms with Gasteiger partial charge in [-0.15, -0.1) is 0 Å². The maximum Gasteiger partial charge on any atom is 0.437 e. The van der Waals surface area contributed by atoms with Gasteiger partial charge in [-0.3, -0.25) is 0 Å². The largest absolute Gasteiger partial charge is 0.437 e. The molecule has 0 aliphatic carbocycles. The van der Waals surface area contributed by atoms with Crippen LogP contribution in [0, 0.1) is 0 Å². The van der Waals surface area contributed by atoms with Crippen LogP contribution in [0.3, 0.4) is 0 Å². The maximum atomic E-state index is 14.0. The summed E-state index contributed by atoms with van der Waals surface area (Å²) < 4.78 is 259. The van der Waals surface area contributed by atoms with Crippen molar-refractivity contribution in [1.82, 2.24) is 0 Å². The molecule has 32 heavy (non-hydrogen) atoms. The first-order chi connectivity index (χ1) is 13.7. The van der Waals surface area contributed by atoms with Crippen LogP contribution in [-0.2, 0) is 0 Å². The molecular weight excluding hydrogens is 524 g/mol. The lowest BCUT2D eigenvalue weighted by Gasteiger charge is -2.47. The third-order valence-electron chi connectivity index (χ3n) is 3.83. The Morgan fingerprint density at radius 2 is 0.844 bits per heavy atom. The van der Waals surface area contributed by atoms with Crippen molar-refractivity contribution in [2.75, 3.05) is 0 Å². The Hall–Kier alpha value is -1.66. The van der Waals surface area contributed by atoms with Crippen molar-refractivity contribution >= 4 is 0 Å². The van der Waals surface area contributed by atoms with E-state index in [1.54, 1.807) is 0 Å². The van der Waals surface area contributed by atoms with E-state index in [2.05, 4.69) is 0 Å². The zero-order valence-electron chi connectivity index (χ0n) is 13.9. The summed E-state index contributed by atoms with van der Waals surface area (Å²) >= 11 is 0. The number of halogens is 20. The second kappa shape index (κ2) is 7.98. The summed E-state index contributed by atoms with van der Waals surface area (Å²) in [5.41, 5.74) is -17.5. The van der Waals surface area contributed by atoms with Crippen LogP contribution in [-0.4, -0.2) is 60.0 Å². The van der Waals surface area contributed by atoms with Gasteiger partial charge in [0, 0.05) is 0 Å². The number of hydrogen-bond acceptors (Lipinski definition) is 0. The van der Waals surface area contributed by atoms with Crippen LogP contribution in [0.2, 0.25) is 0 Å². The summed E-state index contributed by atoms with van der Waals surface area (Å²) in [5, 5.41) is 0. The summed E-state index contributed by atoms with van der Waals surface area (Å²) in [5.74, 6) is -33.6. The number of hydrogen-bond donors (Lipinski definition) is 0. The first kappa shape index (κ1) is 30.3. The topological polar surface area (TPSA) is 0 Å². The molecule has 0 aromatic carbocycles. The molecule has 0 rings (SSSR count). The van der Waals surface area contributed by atoms with Crippen molar-refractivity contribution < 1.29 is 87.8 Å². The van der Waals surface area contributed by atoms with Gasteiger partial charge in [-0.05, 0) is 6.08 Å². The van der Waals surface area contributed by atoms with Crippen molar-refractivity contribution in [3.63, 3.8) is 0 Å². The molecule has 20 heteroatoms. The molecule has 0 aliphatic rings. The third-order valence-corrected chi connectivity index (χ3v) is 3.83. The van der Waals surface area contributed by atoms with Crippen molar-refractivity contribution in [1.29, 1.82) is 0 Å². The molecule has 0 heterocycles. The third kappa shape index (κ3) is 3.63. The van der Waals surface area contributed by atoms with E-state index in [0.717, 1.165) is 0 Å². The van der Waals surface area contributed by atoms with E-state index >= 15 is 0 Å². The van der Waals surface area contributed by atoms with Gasteiger partial charge in [-0.2, -0.15) is 61.5 Å². The first-order valence-electron chi connectivity index (χ1n) is 6.89. The van der Waals surface area contributed by atoms with Gasteiger partial charge in [0.25, 0.3) is 6.43 Å². The predicted molar refractivity (Wildman–Crippen MR) is 60.7 cm³/mol. The van der Waals surface area contributed by atoms with E-state index in [-0.39, 0.29) is 0 Å². The van der Waals surface area contributed by atoms with Gasteiger partial charge < -0.3 is 0 Å². The maximum absolute atomic E-state index is 14.0. The summed E-state index contributed by atoms with van der Waals surface area (Å²) in [6, 6.07) is 0. The molecule has 0 aromatic heterocycles. The highest BCUT2D eigenvalue weighted by atomic mass is 19.4. The van der Waals surface area contributed by atoms with Crippen LogP contribution in [0.5, 0.6) is 0 Å². The van der Waals surface area contributed by atoms with Gasteiger partial charge in [-0.25, -0.2) is 26.3 Å². The minimum Gasteiger partial charge on any atom is -0.236 e. The molecule has 192 valence electrons. The van der Waals surface area contributed by atoms with E-state index in [1.165, 1.54) is 0 Å². The number of alkyl halides is 19. The smallest absolute Gasteiger partial charge is 0.236 e. The van der Waals surface area contributed by atoms with E-state index < -0.39 is 72.4 Å². The highest BCUT2D eigenvalue weighted by Gasteiger charge is 2.98. The van der Waals surface area contributed by atoms with Crippen LogP contribution < -0.4 is 0 Å². The molecule has 0 saturated carbocycles. The Morgan fingerprint density at radius 3 is 1.09 bits per heavy atom. The Balaban J connectivity index is 7.41. The first-order valence-corrected chi connectivity index (χ1v) is 6.89. The summed E-state index contributed by atoms with van der Waals surface area (Å²) in [6.07, 6.45) is -31.5. The van der Waals surface area contributed by atoms with Crippen LogP contribution in [0.1, 0.15) is 0 Å². The van der Waals surface area contributed by atoms with Crippen LogP contribution >= 0.6 is 0 Å². The van der Waals surface area contributed by atoms with Gasteiger partial charge in [0.1, 0.15) is 0 Å². The Bertz CT molecular complexity index is 668. The lowest BCUT2D eigenvalue weighted by Crippen LogP contribution is -2.80. The molecule has 0 bridgehead atoms. The lowest BCUT2D eigenvalue weighted by atomic mass is 9.76. The number of rotatable bonds is 8. The molecule has 2 atom stereocenters. The van der Waals surface area contributed by atoms with Gasteiger partial charge in [0.15, 0.2) is 6.17 Å². The minimum atomic E-state index is -9.02. The van der Waals surface area contributed by atoms with Gasteiger partial charge in [0.2, 0.25) is 0 Å². The van der Waals surface area contributed by atoms with E-state index in [4.69, 9.17) is 0 Å². The van der Waals surface area contributed by atoms with Crippen molar-refractivity contribution in [3.8, 4) is 0 Å². The van der Waals surface area contributed by atoms with Crippen LogP contribution in [0.4, 0.5) is 87.8 Å². The quantitative estimate of drug-likeness (QED) is 0.294. The van der Waals surface area contributed by atoms with Crippen LogP contribution in [0.15, 0.2) is 12.4 Å². The second-order valence-electron chi connectivity index (χ2n) is 5.73. The average Bonchev–Trinajstić information content (AvgIpc) is 2.57. The molecule has 0 saturated heterocycles. The van der Waals surface area contributed by atoms with E-state index in [9.17, 15) is 87.8 Å².